The Bertz CT molecular complexity index is 1030. The molecule has 2 N–H and O–H groups in total. The number of rotatable bonds is 13. The largest absolute Gasteiger partial charge is 0.489 e. The lowest BCUT2D eigenvalue weighted by Gasteiger charge is -2.22. The van der Waals surface area contributed by atoms with Gasteiger partial charge in [0.1, 0.15) is 24.7 Å². The van der Waals surface area contributed by atoms with Gasteiger partial charge in [-0.2, -0.15) is 0 Å². The second kappa shape index (κ2) is 13.3. The van der Waals surface area contributed by atoms with Gasteiger partial charge in [0, 0.05) is 19.6 Å². The number of hydrogen-bond donors (Lipinski definition) is 1. The van der Waals surface area contributed by atoms with Crippen LogP contribution in [0.25, 0.3) is 0 Å². The molecule has 0 unspecified atom stereocenters. The molecule has 4 aromatic carbocycles. The van der Waals surface area contributed by atoms with Gasteiger partial charge in [-0.25, -0.2) is 0 Å². The highest BCUT2D eigenvalue weighted by Gasteiger charge is 2.08. The second-order valence-electron chi connectivity index (χ2n) is 8.69. The maximum atomic E-state index is 5.93. The first kappa shape index (κ1) is 24.5. The Morgan fingerprint density at radius 2 is 0.943 bits per heavy atom. The fraction of sp³-hybridized carbons (Fsp3) is 0.226. The molecule has 0 radical (unpaired) electrons. The van der Waals surface area contributed by atoms with Crippen molar-refractivity contribution < 1.29 is 9.47 Å². The molecular weight excluding hydrogens is 432 g/mol. The topological polar surface area (TPSA) is 47.7 Å². The highest BCUT2D eigenvalue weighted by Crippen LogP contribution is 2.19. The van der Waals surface area contributed by atoms with Crippen LogP contribution in [0, 0.1) is 0 Å². The van der Waals surface area contributed by atoms with Gasteiger partial charge in [0.25, 0.3) is 0 Å². The third-order valence-corrected chi connectivity index (χ3v) is 5.83. The number of nitrogens with zero attached hydrogens (tertiary/aromatic N) is 1. The van der Waals surface area contributed by atoms with Gasteiger partial charge in [0.2, 0.25) is 0 Å². The van der Waals surface area contributed by atoms with Gasteiger partial charge in [-0.05, 0) is 59.5 Å². The average molecular weight is 467 g/mol. The summed E-state index contributed by atoms with van der Waals surface area (Å²) in [6.07, 6.45) is 0.969. The molecule has 4 aromatic rings. The quantitative estimate of drug-likeness (QED) is 0.255. The molecule has 180 valence electrons. The normalized spacial score (nSPS) is 10.9. The summed E-state index contributed by atoms with van der Waals surface area (Å²) in [5, 5.41) is 0. The van der Waals surface area contributed by atoms with E-state index in [-0.39, 0.29) is 0 Å². The van der Waals surface area contributed by atoms with Gasteiger partial charge in [-0.3, -0.25) is 4.90 Å². The monoisotopic (exact) mass is 466 g/mol. The number of ether oxygens (including phenoxy) is 2. The summed E-state index contributed by atoms with van der Waals surface area (Å²) in [6.45, 7) is 4.53. The molecule has 0 saturated carbocycles. The minimum Gasteiger partial charge on any atom is -0.489 e. The molecule has 35 heavy (non-hydrogen) atoms. The van der Waals surface area contributed by atoms with E-state index in [4.69, 9.17) is 15.2 Å². The van der Waals surface area contributed by atoms with Crippen LogP contribution in [0.15, 0.2) is 109 Å². The van der Waals surface area contributed by atoms with Gasteiger partial charge in [-0.1, -0.05) is 84.9 Å². The van der Waals surface area contributed by atoms with Crippen molar-refractivity contribution in [3.8, 4) is 11.5 Å². The van der Waals surface area contributed by atoms with E-state index in [1.165, 1.54) is 22.3 Å². The molecule has 4 nitrogen and oxygen atoms in total. The molecule has 4 heteroatoms. The summed E-state index contributed by atoms with van der Waals surface area (Å²) in [5.41, 5.74) is 10.7. The average Bonchev–Trinajstić information content (AvgIpc) is 2.92. The zero-order valence-electron chi connectivity index (χ0n) is 20.2. The standard InChI is InChI=1S/C31H34N2O2/c32-20-7-21-33(22-26-12-16-30(17-13-26)34-24-28-8-3-1-4-9-28)23-27-14-18-31(19-15-27)35-25-29-10-5-2-6-11-29/h1-6,8-19H,7,20-25,32H2. The van der Waals surface area contributed by atoms with E-state index >= 15 is 0 Å². The number of benzene rings is 4. The van der Waals surface area contributed by atoms with Crippen molar-refractivity contribution >= 4 is 0 Å². The van der Waals surface area contributed by atoms with E-state index < -0.39 is 0 Å². The van der Waals surface area contributed by atoms with Crippen LogP contribution >= 0.6 is 0 Å². The molecule has 4 rings (SSSR count). The van der Waals surface area contributed by atoms with E-state index in [1.807, 2.05) is 36.4 Å². The van der Waals surface area contributed by atoms with Crippen molar-refractivity contribution in [1.82, 2.24) is 4.90 Å². The molecule has 0 spiro atoms. The van der Waals surface area contributed by atoms with Crippen molar-refractivity contribution in [3.05, 3.63) is 131 Å². The Hall–Kier alpha value is -3.60. The summed E-state index contributed by atoms with van der Waals surface area (Å²) in [6, 6.07) is 37.3. The van der Waals surface area contributed by atoms with E-state index in [2.05, 4.69) is 77.7 Å². The lowest BCUT2D eigenvalue weighted by atomic mass is 10.1. The van der Waals surface area contributed by atoms with Crippen LogP contribution in [0.3, 0.4) is 0 Å². The molecule has 0 fully saturated rings. The first-order valence-corrected chi connectivity index (χ1v) is 12.2. The second-order valence-corrected chi connectivity index (χ2v) is 8.69. The third kappa shape index (κ3) is 8.29. The third-order valence-electron chi connectivity index (χ3n) is 5.83. The fourth-order valence-electron chi connectivity index (χ4n) is 3.91. The number of hydrogen-bond acceptors (Lipinski definition) is 4. The Kier molecular flexibility index (Phi) is 9.34. The van der Waals surface area contributed by atoms with E-state index in [0.717, 1.165) is 37.6 Å². The maximum absolute atomic E-state index is 5.93. The van der Waals surface area contributed by atoms with Crippen LogP contribution in [0.5, 0.6) is 11.5 Å². The Balaban J connectivity index is 1.30. The Labute approximate surface area is 208 Å². The van der Waals surface area contributed by atoms with Gasteiger partial charge in [0.15, 0.2) is 0 Å². The van der Waals surface area contributed by atoms with Gasteiger partial charge >= 0.3 is 0 Å². The summed E-state index contributed by atoms with van der Waals surface area (Å²) in [7, 11) is 0. The maximum Gasteiger partial charge on any atom is 0.119 e. The Morgan fingerprint density at radius 3 is 1.34 bits per heavy atom. The van der Waals surface area contributed by atoms with Gasteiger partial charge in [-0.15, -0.1) is 0 Å². The highest BCUT2D eigenvalue weighted by atomic mass is 16.5. The zero-order chi connectivity index (χ0) is 24.1. The summed E-state index contributed by atoms with van der Waals surface area (Å²) < 4.78 is 11.9. The predicted molar refractivity (Wildman–Crippen MR) is 142 cm³/mol. The van der Waals surface area contributed by atoms with Gasteiger partial charge in [0.05, 0.1) is 0 Å². The van der Waals surface area contributed by atoms with Crippen LogP contribution in [0.2, 0.25) is 0 Å². The molecule has 0 aromatic heterocycles. The lowest BCUT2D eigenvalue weighted by Crippen LogP contribution is -2.25. The zero-order valence-corrected chi connectivity index (χ0v) is 20.2. The van der Waals surface area contributed by atoms with Crippen molar-refractivity contribution in [1.29, 1.82) is 0 Å². The van der Waals surface area contributed by atoms with Gasteiger partial charge < -0.3 is 15.2 Å². The van der Waals surface area contributed by atoms with Crippen LogP contribution in [0.1, 0.15) is 28.7 Å². The molecule has 0 heterocycles. The fourth-order valence-corrected chi connectivity index (χ4v) is 3.91. The van der Waals surface area contributed by atoms with E-state index in [1.54, 1.807) is 0 Å². The summed E-state index contributed by atoms with van der Waals surface area (Å²) >= 11 is 0. The van der Waals surface area contributed by atoms with Crippen molar-refractivity contribution in [2.45, 2.75) is 32.7 Å². The van der Waals surface area contributed by atoms with Crippen molar-refractivity contribution in [2.24, 2.45) is 5.73 Å². The minimum atomic E-state index is 0.577. The first-order valence-electron chi connectivity index (χ1n) is 12.2. The highest BCUT2D eigenvalue weighted by molar-refractivity contribution is 5.29. The summed E-state index contributed by atoms with van der Waals surface area (Å²) in [5.74, 6) is 1.77. The first-order chi connectivity index (χ1) is 17.3. The smallest absolute Gasteiger partial charge is 0.119 e. The molecule has 0 aliphatic rings. The van der Waals surface area contributed by atoms with Crippen LogP contribution < -0.4 is 15.2 Å². The molecule has 0 aliphatic carbocycles. The van der Waals surface area contributed by atoms with Crippen molar-refractivity contribution in [2.75, 3.05) is 13.1 Å². The molecular formula is C31H34N2O2. The molecule has 0 saturated heterocycles. The molecule has 0 atom stereocenters. The van der Waals surface area contributed by atoms with E-state index in [9.17, 15) is 0 Å². The minimum absolute atomic E-state index is 0.577. The molecule has 0 bridgehead atoms. The van der Waals surface area contributed by atoms with Crippen molar-refractivity contribution in [3.63, 3.8) is 0 Å². The van der Waals surface area contributed by atoms with Crippen LogP contribution in [-0.4, -0.2) is 18.0 Å². The predicted octanol–water partition coefficient (Wildman–Crippen LogP) is 6.20. The lowest BCUT2D eigenvalue weighted by molar-refractivity contribution is 0.254. The van der Waals surface area contributed by atoms with Crippen LogP contribution in [-0.2, 0) is 26.3 Å². The molecule has 0 amide bonds. The summed E-state index contributed by atoms with van der Waals surface area (Å²) in [4.78, 5) is 2.44. The number of nitrogens with two attached hydrogens (primary N) is 1. The Morgan fingerprint density at radius 1 is 0.514 bits per heavy atom. The molecule has 0 aliphatic heterocycles. The van der Waals surface area contributed by atoms with E-state index in [0.29, 0.717) is 19.8 Å². The van der Waals surface area contributed by atoms with Crippen LogP contribution in [0.4, 0.5) is 0 Å². The SMILES string of the molecule is NCCCN(Cc1ccc(OCc2ccccc2)cc1)Cc1ccc(OCc2ccccc2)cc1.